The molecule has 1 aromatic carbocycles. The second-order valence-corrected chi connectivity index (χ2v) is 4.73. The number of hydrogen-bond donors (Lipinski definition) is 1. The molecule has 0 radical (unpaired) electrons. The van der Waals surface area contributed by atoms with E-state index in [2.05, 4.69) is 37.4 Å². The van der Waals surface area contributed by atoms with Gasteiger partial charge in [0.25, 0.3) is 0 Å². The van der Waals surface area contributed by atoms with Gasteiger partial charge in [-0.15, -0.1) is 0 Å². The van der Waals surface area contributed by atoms with Crippen molar-refractivity contribution in [1.29, 1.82) is 0 Å². The molecule has 0 aliphatic carbocycles. The third-order valence-electron chi connectivity index (χ3n) is 3.43. The SMILES string of the molecule is CCc1ccc(OC)c([C@H]2C[C@@H](C)CN2)c1. The van der Waals surface area contributed by atoms with Crippen molar-refractivity contribution in [2.75, 3.05) is 13.7 Å². The van der Waals surface area contributed by atoms with E-state index in [0.717, 1.165) is 24.6 Å². The molecule has 1 aliphatic rings. The van der Waals surface area contributed by atoms with Crippen LogP contribution in [-0.4, -0.2) is 13.7 Å². The Labute approximate surface area is 98.0 Å². The number of hydrogen-bond acceptors (Lipinski definition) is 2. The van der Waals surface area contributed by atoms with E-state index < -0.39 is 0 Å². The van der Waals surface area contributed by atoms with Gasteiger partial charge in [0, 0.05) is 11.6 Å². The first-order chi connectivity index (χ1) is 7.74. The first kappa shape index (κ1) is 11.5. The molecule has 2 nitrogen and oxygen atoms in total. The Morgan fingerprint density at radius 2 is 2.25 bits per heavy atom. The first-order valence-corrected chi connectivity index (χ1v) is 6.14. The van der Waals surface area contributed by atoms with Gasteiger partial charge in [-0.2, -0.15) is 0 Å². The summed E-state index contributed by atoms with van der Waals surface area (Å²) in [6, 6.07) is 7.00. The van der Waals surface area contributed by atoms with Crippen LogP contribution in [-0.2, 0) is 6.42 Å². The van der Waals surface area contributed by atoms with Crippen LogP contribution in [0.4, 0.5) is 0 Å². The fourth-order valence-corrected chi connectivity index (χ4v) is 2.43. The fraction of sp³-hybridized carbons (Fsp3) is 0.571. The maximum absolute atomic E-state index is 5.45. The molecule has 1 heterocycles. The van der Waals surface area contributed by atoms with Crippen molar-refractivity contribution in [2.45, 2.75) is 32.7 Å². The number of aryl methyl sites for hydroxylation is 1. The molecule has 1 aliphatic heterocycles. The zero-order valence-corrected chi connectivity index (χ0v) is 10.4. The molecule has 0 spiro atoms. The van der Waals surface area contributed by atoms with Gasteiger partial charge in [0.2, 0.25) is 0 Å². The van der Waals surface area contributed by atoms with Gasteiger partial charge >= 0.3 is 0 Å². The summed E-state index contributed by atoms with van der Waals surface area (Å²) < 4.78 is 5.45. The number of benzene rings is 1. The lowest BCUT2D eigenvalue weighted by Gasteiger charge is -2.16. The first-order valence-electron chi connectivity index (χ1n) is 6.14. The van der Waals surface area contributed by atoms with Crippen molar-refractivity contribution in [2.24, 2.45) is 5.92 Å². The van der Waals surface area contributed by atoms with Crippen molar-refractivity contribution >= 4 is 0 Å². The van der Waals surface area contributed by atoms with Gasteiger partial charge in [-0.05, 0) is 36.9 Å². The Morgan fingerprint density at radius 1 is 1.44 bits per heavy atom. The lowest BCUT2D eigenvalue weighted by Crippen LogP contribution is -2.14. The standard InChI is InChI=1S/C14H21NO/c1-4-11-5-6-14(16-3)12(8-11)13-7-10(2)9-15-13/h5-6,8,10,13,15H,4,7,9H2,1-3H3/t10-,13-/m1/s1. The maximum Gasteiger partial charge on any atom is 0.123 e. The Morgan fingerprint density at radius 3 is 2.81 bits per heavy atom. The van der Waals surface area contributed by atoms with Gasteiger partial charge in [-0.25, -0.2) is 0 Å². The van der Waals surface area contributed by atoms with Crippen LogP contribution >= 0.6 is 0 Å². The van der Waals surface area contributed by atoms with Crippen molar-refractivity contribution in [3.63, 3.8) is 0 Å². The molecule has 1 saturated heterocycles. The van der Waals surface area contributed by atoms with Crippen LogP contribution in [0.3, 0.4) is 0 Å². The van der Waals surface area contributed by atoms with Gasteiger partial charge in [0.05, 0.1) is 7.11 Å². The quantitative estimate of drug-likeness (QED) is 0.844. The summed E-state index contributed by atoms with van der Waals surface area (Å²) in [7, 11) is 1.75. The molecule has 16 heavy (non-hydrogen) atoms. The predicted octanol–water partition coefficient (Wildman–Crippen LogP) is 2.93. The van der Waals surface area contributed by atoms with Crippen molar-refractivity contribution in [1.82, 2.24) is 5.32 Å². The third kappa shape index (κ3) is 2.22. The molecule has 1 N–H and O–H groups in total. The van der Waals surface area contributed by atoms with Crippen LogP contribution in [0.25, 0.3) is 0 Å². The molecule has 0 unspecified atom stereocenters. The van der Waals surface area contributed by atoms with Crippen LogP contribution in [0, 0.1) is 5.92 Å². The van der Waals surface area contributed by atoms with Crippen LogP contribution in [0.15, 0.2) is 18.2 Å². The zero-order chi connectivity index (χ0) is 11.5. The van der Waals surface area contributed by atoms with E-state index in [1.54, 1.807) is 7.11 Å². The number of methoxy groups -OCH3 is 1. The van der Waals surface area contributed by atoms with Crippen molar-refractivity contribution < 1.29 is 4.74 Å². The third-order valence-corrected chi connectivity index (χ3v) is 3.43. The highest BCUT2D eigenvalue weighted by Crippen LogP contribution is 2.33. The molecule has 88 valence electrons. The summed E-state index contributed by atoms with van der Waals surface area (Å²) in [5.74, 6) is 1.78. The van der Waals surface area contributed by atoms with Crippen molar-refractivity contribution in [3.8, 4) is 5.75 Å². The van der Waals surface area contributed by atoms with Gasteiger partial charge in [-0.3, -0.25) is 0 Å². The van der Waals surface area contributed by atoms with Crippen LogP contribution in [0.5, 0.6) is 5.75 Å². The Balaban J connectivity index is 2.29. The van der Waals surface area contributed by atoms with E-state index in [0.29, 0.717) is 6.04 Å². The minimum atomic E-state index is 0.469. The summed E-state index contributed by atoms with van der Waals surface area (Å²) in [6.07, 6.45) is 2.29. The Bertz CT molecular complexity index is 362. The monoisotopic (exact) mass is 219 g/mol. The van der Waals surface area contributed by atoms with Gasteiger partial charge in [0.1, 0.15) is 5.75 Å². The van der Waals surface area contributed by atoms with E-state index in [1.807, 2.05) is 0 Å². The number of rotatable bonds is 3. The lowest BCUT2D eigenvalue weighted by atomic mass is 9.98. The molecule has 0 amide bonds. The summed E-state index contributed by atoms with van der Waals surface area (Å²) in [5, 5.41) is 3.57. The summed E-state index contributed by atoms with van der Waals surface area (Å²) >= 11 is 0. The average Bonchev–Trinajstić information content (AvgIpc) is 2.75. The van der Waals surface area contributed by atoms with Crippen LogP contribution < -0.4 is 10.1 Å². The van der Waals surface area contributed by atoms with Gasteiger partial charge in [0.15, 0.2) is 0 Å². The Kier molecular flexibility index (Phi) is 3.49. The van der Waals surface area contributed by atoms with Crippen LogP contribution in [0.2, 0.25) is 0 Å². The van der Waals surface area contributed by atoms with E-state index >= 15 is 0 Å². The molecule has 0 aromatic heterocycles. The molecular weight excluding hydrogens is 198 g/mol. The normalized spacial score (nSPS) is 24.7. The fourth-order valence-electron chi connectivity index (χ4n) is 2.43. The maximum atomic E-state index is 5.45. The van der Waals surface area contributed by atoms with Gasteiger partial charge in [-0.1, -0.05) is 26.0 Å². The average molecular weight is 219 g/mol. The molecule has 2 heteroatoms. The predicted molar refractivity (Wildman–Crippen MR) is 66.9 cm³/mol. The van der Waals surface area contributed by atoms with E-state index in [1.165, 1.54) is 17.5 Å². The molecule has 0 saturated carbocycles. The highest BCUT2D eigenvalue weighted by molar-refractivity contribution is 5.40. The number of ether oxygens (including phenoxy) is 1. The minimum absolute atomic E-state index is 0.469. The van der Waals surface area contributed by atoms with E-state index in [4.69, 9.17) is 4.74 Å². The van der Waals surface area contributed by atoms with E-state index in [9.17, 15) is 0 Å². The minimum Gasteiger partial charge on any atom is -0.496 e. The Hall–Kier alpha value is -1.02. The highest BCUT2D eigenvalue weighted by Gasteiger charge is 2.24. The van der Waals surface area contributed by atoms with Crippen LogP contribution in [0.1, 0.15) is 37.4 Å². The smallest absolute Gasteiger partial charge is 0.123 e. The summed E-state index contributed by atoms with van der Waals surface area (Å²) in [5.41, 5.74) is 2.71. The summed E-state index contributed by atoms with van der Waals surface area (Å²) in [6.45, 7) is 5.60. The molecular formula is C14H21NO. The summed E-state index contributed by atoms with van der Waals surface area (Å²) in [4.78, 5) is 0. The molecule has 2 rings (SSSR count). The molecule has 1 aromatic rings. The van der Waals surface area contributed by atoms with Gasteiger partial charge < -0.3 is 10.1 Å². The second-order valence-electron chi connectivity index (χ2n) is 4.73. The topological polar surface area (TPSA) is 21.3 Å². The zero-order valence-electron chi connectivity index (χ0n) is 10.4. The number of nitrogens with one attached hydrogen (secondary N) is 1. The highest BCUT2D eigenvalue weighted by atomic mass is 16.5. The lowest BCUT2D eigenvalue weighted by molar-refractivity contribution is 0.402. The largest absolute Gasteiger partial charge is 0.496 e. The van der Waals surface area contributed by atoms with E-state index in [-0.39, 0.29) is 0 Å². The molecule has 1 fully saturated rings. The molecule has 2 atom stereocenters. The second kappa shape index (κ2) is 4.88. The molecule has 0 bridgehead atoms. The van der Waals surface area contributed by atoms with Crippen molar-refractivity contribution in [3.05, 3.63) is 29.3 Å².